The summed E-state index contributed by atoms with van der Waals surface area (Å²) < 4.78 is 121. The Hall–Kier alpha value is -0.960. The molecule has 3 unspecified atom stereocenters. The standard InChI is InChI=1S/C36H48F6O10S2/c1-19-5-7-25-21(27(35(37,38)39)45-29-33(25)23(19)9-11-31(3,47-29)49-51-33)17-43-13-15-53-54-16-14-44-18-22-26-8-6-20(2)24-10-12-32(4)48-30(34(24,26)52-50-32)46-28(22)36(40,41)42/h19-20,23-26,29-30H,5-18H2,1-4H3/t19-,20-,23?,24?,25+,26+,29-,30?,31+,32+,33-,34-/m1/s1. The molecule has 18 heteroatoms. The summed E-state index contributed by atoms with van der Waals surface area (Å²) in [5.74, 6) is -4.80. The minimum absolute atomic E-state index is 0.0119. The first kappa shape index (κ1) is 39.8. The van der Waals surface area contributed by atoms with Crippen molar-refractivity contribution in [3.8, 4) is 0 Å². The van der Waals surface area contributed by atoms with Gasteiger partial charge >= 0.3 is 12.4 Å². The average molecular weight is 819 g/mol. The van der Waals surface area contributed by atoms with Gasteiger partial charge in [0.05, 0.1) is 26.4 Å². The van der Waals surface area contributed by atoms with Crippen molar-refractivity contribution in [1.82, 2.24) is 0 Å². The second-order valence-corrected chi connectivity index (χ2v) is 19.1. The monoisotopic (exact) mass is 818 g/mol. The summed E-state index contributed by atoms with van der Waals surface area (Å²) in [7, 11) is 2.87. The van der Waals surface area contributed by atoms with Gasteiger partial charge in [0.1, 0.15) is 0 Å². The molecule has 54 heavy (non-hydrogen) atoms. The van der Waals surface area contributed by atoms with Crippen LogP contribution in [-0.2, 0) is 48.0 Å². The quantitative estimate of drug-likeness (QED) is 0.0867. The Morgan fingerprint density at radius 2 is 1.02 bits per heavy atom. The van der Waals surface area contributed by atoms with Crippen LogP contribution in [0.3, 0.4) is 0 Å². The first-order chi connectivity index (χ1) is 25.5. The highest BCUT2D eigenvalue weighted by Gasteiger charge is 2.72. The third kappa shape index (κ3) is 6.71. The first-order valence-electron chi connectivity index (χ1n) is 18.9. The zero-order valence-electron chi connectivity index (χ0n) is 30.7. The molecule has 8 heterocycles. The molecule has 0 amide bonds. The lowest BCUT2D eigenvalue weighted by Crippen LogP contribution is -2.67. The molecule has 2 saturated carbocycles. The summed E-state index contributed by atoms with van der Waals surface area (Å²) in [5.41, 5.74) is -2.38. The molecule has 10 nitrogen and oxygen atoms in total. The predicted molar refractivity (Wildman–Crippen MR) is 180 cm³/mol. The molecule has 2 spiro atoms. The van der Waals surface area contributed by atoms with E-state index >= 15 is 0 Å². The van der Waals surface area contributed by atoms with Crippen LogP contribution in [0.15, 0.2) is 22.7 Å². The summed E-state index contributed by atoms with van der Waals surface area (Å²) in [6.07, 6.45) is -7.33. The van der Waals surface area contributed by atoms with Gasteiger partial charge in [0.15, 0.2) is 11.2 Å². The molecule has 0 aromatic carbocycles. The number of ether oxygens (including phenoxy) is 6. The maximum atomic E-state index is 14.4. The van der Waals surface area contributed by atoms with Crippen LogP contribution in [0, 0.1) is 35.5 Å². The Bertz CT molecular complexity index is 1390. The Morgan fingerprint density at radius 3 is 1.41 bits per heavy atom. The van der Waals surface area contributed by atoms with Crippen molar-refractivity contribution >= 4 is 21.6 Å². The molecule has 0 aromatic rings. The van der Waals surface area contributed by atoms with E-state index in [9.17, 15) is 26.3 Å². The van der Waals surface area contributed by atoms with Crippen molar-refractivity contribution in [1.29, 1.82) is 0 Å². The van der Waals surface area contributed by atoms with Crippen LogP contribution in [0.2, 0.25) is 0 Å². The van der Waals surface area contributed by atoms with Crippen LogP contribution in [0.4, 0.5) is 26.3 Å². The number of hydrogen-bond acceptors (Lipinski definition) is 12. The maximum absolute atomic E-state index is 14.4. The molecule has 8 fully saturated rings. The fourth-order valence-corrected chi connectivity index (χ4v) is 12.2. The Labute approximate surface area is 318 Å². The molecule has 0 aromatic heterocycles. The molecule has 4 bridgehead atoms. The van der Waals surface area contributed by atoms with E-state index in [0.717, 1.165) is 12.8 Å². The summed E-state index contributed by atoms with van der Waals surface area (Å²) >= 11 is 0. The molecule has 2 aliphatic carbocycles. The zero-order chi connectivity index (χ0) is 38.3. The highest BCUT2D eigenvalue weighted by molar-refractivity contribution is 8.76. The van der Waals surface area contributed by atoms with Crippen molar-refractivity contribution in [2.45, 2.75) is 127 Å². The van der Waals surface area contributed by atoms with E-state index in [2.05, 4.69) is 13.8 Å². The molecule has 12 atom stereocenters. The van der Waals surface area contributed by atoms with Gasteiger partial charge in [-0.15, -0.1) is 0 Å². The van der Waals surface area contributed by atoms with Crippen LogP contribution >= 0.6 is 21.6 Å². The van der Waals surface area contributed by atoms with Crippen LogP contribution in [0.1, 0.15) is 79.1 Å². The number of halogens is 6. The van der Waals surface area contributed by atoms with Gasteiger partial charge in [-0.3, -0.25) is 0 Å². The van der Waals surface area contributed by atoms with Crippen molar-refractivity contribution in [2.24, 2.45) is 35.5 Å². The first-order valence-corrected chi connectivity index (χ1v) is 21.4. The van der Waals surface area contributed by atoms with Crippen molar-refractivity contribution < 1.29 is 74.3 Å². The van der Waals surface area contributed by atoms with E-state index in [1.54, 1.807) is 13.8 Å². The lowest BCUT2D eigenvalue weighted by Gasteiger charge is -2.57. The second-order valence-electron chi connectivity index (χ2n) is 16.4. The van der Waals surface area contributed by atoms with Crippen molar-refractivity contribution in [3.63, 3.8) is 0 Å². The van der Waals surface area contributed by atoms with Gasteiger partial charge in [0.2, 0.25) is 35.7 Å². The Kier molecular flexibility index (Phi) is 10.6. The van der Waals surface area contributed by atoms with Crippen LogP contribution in [0.25, 0.3) is 0 Å². The largest absolute Gasteiger partial charge is 0.456 e. The fourth-order valence-electron chi connectivity index (χ4n) is 10.5. The molecule has 10 rings (SSSR count). The summed E-state index contributed by atoms with van der Waals surface area (Å²) in [6, 6.07) is 0. The summed E-state index contributed by atoms with van der Waals surface area (Å²) in [5, 5.41) is 0. The molecule has 6 saturated heterocycles. The van der Waals surface area contributed by atoms with E-state index in [0.29, 0.717) is 50.0 Å². The van der Waals surface area contributed by atoms with Gasteiger partial charge in [0.25, 0.3) is 0 Å². The van der Waals surface area contributed by atoms with Crippen molar-refractivity contribution in [3.05, 3.63) is 22.7 Å². The minimum Gasteiger partial charge on any atom is -0.456 e. The third-order valence-electron chi connectivity index (χ3n) is 13.0. The predicted octanol–water partition coefficient (Wildman–Crippen LogP) is 8.53. The molecule has 0 N–H and O–H groups in total. The molecule has 0 radical (unpaired) electrons. The van der Waals surface area contributed by atoms with Gasteiger partial charge in [0, 0.05) is 59.2 Å². The number of rotatable bonds is 11. The molecular formula is C36H48F6O10S2. The Balaban J connectivity index is 0.847. The van der Waals surface area contributed by atoms with Gasteiger partial charge < -0.3 is 28.4 Å². The lowest BCUT2D eigenvalue weighted by atomic mass is 9.59. The van der Waals surface area contributed by atoms with Gasteiger partial charge in [-0.2, -0.15) is 26.3 Å². The van der Waals surface area contributed by atoms with Gasteiger partial charge in [-0.05, 0) is 64.2 Å². The van der Waals surface area contributed by atoms with Crippen LogP contribution < -0.4 is 0 Å². The summed E-state index contributed by atoms with van der Waals surface area (Å²) in [6.45, 7) is 7.23. The normalized spacial score (nSPS) is 44.3. The van der Waals surface area contributed by atoms with E-state index in [4.69, 9.17) is 48.0 Å². The lowest BCUT2D eigenvalue weighted by molar-refractivity contribution is -0.558. The molecular weight excluding hydrogens is 771 g/mol. The third-order valence-corrected chi connectivity index (χ3v) is 15.4. The summed E-state index contributed by atoms with van der Waals surface area (Å²) in [4.78, 5) is 23.4. The second kappa shape index (κ2) is 14.4. The van der Waals surface area contributed by atoms with E-state index in [1.807, 2.05) is 0 Å². The average Bonchev–Trinajstić information content (AvgIpc) is 3.48. The van der Waals surface area contributed by atoms with Gasteiger partial charge in [-0.1, -0.05) is 35.4 Å². The van der Waals surface area contributed by atoms with E-state index < -0.39 is 71.1 Å². The maximum Gasteiger partial charge on any atom is 0.449 e. The fraction of sp³-hybridized carbons (Fsp3) is 0.889. The number of fused-ring (bicyclic) bond motifs is 4. The Morgan fingerprint density at radius 1 is 0.611 bits per heavy atom. The highest BCUT2D eigenvalue weighted by Crippen LogP contribution is 2.63. The smallest absolute Gasteiger partial charge is 0.449 e. The molecule has 306 valence electrons. The number of alkyl halides is 6. The van der Waals surface area contributed by atoms with E-state index in [-0.39, 0.29) is 61.2 Å². The highest BCUT2D eigenvalue weighted by atomic mass is 33.1. The molecule has 8 aliphatic heterocycles. The SMILES string of the molecule is C[C@@H]1CC[C@H]2C(COCCSSCCOCC3=C(C(F)(F)F)O[C@@H]4O[C@]5(C)CCC6[C@H](C)CC[C@@H]3[C@]64OO5)=C(C(F)(F)F)OC3O[C@]4(C)CCC1[C@]32OO4. The molecule has 10 aliphatic rings. The van der Waals surface area contributed by atoms with Crippen LogP contribution in [0.5, 0.6) is 0 Å². The van der Waals surface area contributed by atoms with E-state index in [1.165, 1.54) is 21.6 Å². The number of hydrogen-bond donors (Lipinski definition) is 0. The number of allylic oxidation sites excluding steroid dienone is 2. The topological polar surface area (TPSA) is 92.3 Å². The van der Waals surface area contributed by atoms with Gasteiger partial charge in [-0.25, -0.2) is 19.6 Å². The zero-order valence-corrected chi connectivity index (χ0v) is 32.3. The minimum atomic E-state index is -4.75. The van der Waals surface area contributed by atoms with Crippen molar-refractivity contribution in [2.75, 3.05) is 37.9 Å². The van der Waals surface area contributed by atoms with Crippen LogP contribution in [-0.4, -0.2) is 85.6 Å².